The Kier molecular flexibility index (Phi) is 4.04. The highest BCUT2D eigenvalue weighted by atomic mass is 32.2. The normalized spacial score (nSPS) is 16.3. The predicted molar refractivity (Wildman–Crippen MR) is 96.2 cm³/mol. The predicted octanol–water partition coefficient (Wildman–Crippen LogP) is 1.05. The first-order chi connectivity index (χ1) is 12.5. The second-order valence-corrected chi connectivity index (χ2v) is 8.22. The van der Waals surface area contributed by atoms with Crippen molar-refractivity contribution in [1.82, 2.24) is 23.7 Å². The molecule has 1 aromatic carbocycles. The molecule has 0 unspecified atom stereocenters. The number of aromatic nitrogens is 3. The number of rotatable bonds is 3. The number of H-pyrrole nitrogens is 1. The number of sulfonamides is 1. The maximum Gasteiger partial charge on any atom is 0.270 e. The Balaban J connectivity index is 1.51. The molecule has 3 heterocycles. The fraction of sp³-hybridized carbons (Fsp3) is 0.294. The second-order valence-electron chi connectivity index (χ2n) is 6.29. The number of carbonyl (C=O) groups is 1. The van der Waals surface area contributed by atoms with Crippen molar-refractivity contribution in [2.24, 2.45) is 7.05 Å². The summed E-state index contributed by atoms with van der Waals surface area (Å²) in [6.45, 7) is 1.27. The zero-order valence-electron chi connectivity index (χ0n) is 14.3. The number of fused-ring (bicyclic) bond motifs is 1. The topological polar surface area (TPSA) is 91.3 Å². The molecule has 1 N–H and O–H groups in total. The first-order valence-electron chi connectivity index (χ1n) is 8.31. The number of benzene rings is 1. The molecular formula is C17H19N5O3S. The van der Waals surface area contributed by atoms with E-state index in [1.807, 2.05) is 11.6 Å². The zero-order valence-corrected chi connectivity index (χ0v) is 15.1. The van der Waals surface area contributed by atoms with Gasteiger partial charge in [-0.1, -0.05) is 0 Å². The molecule has 1 fully saturated rings. The molecular weight excluding hydrogens is 354 g/mol. The number of amides is 1. The molecule has 0 radical (unpaired) electrons. The average molecular weight is 373 g/mol. The highest BCUT2D eigenvalue weighted by Gasteiger charge is 2.30. The van der Waals surface area contributed by atoms with Crippen molar-refractivity contribution in [2.75, 3.05) is 26.2 Å². The Morgan fingerprint density at radius 1 is 1.15 bits per heavy atom. The molecule has 1 saturated heterocycles. The number of aromatic amines is 1. The lowest BCUT2D eigenvalue weighted by atomic mass is 10.3. The van der Waals surface area contributed by atoms with Gasteiger partial charge in [0.05, 0.1) is 22.3 Å². The average Bonchev–Trinajstić information content (AvgIpc) is 3.31. The number of hydrogen-bond acceptors (Lipinski definition) is 4. The molecule has 1 aliphatic rings. The third-order valence-corrected chi connectivity index (χ3v) is 6.58. The molecule has 0 aliphatic carbocycles. The minimum atomic E-state index is -3.61. The lowest BCUT2D eigenvalue weighted by Crippen LogP contribution is -2.50. The molecule has 9 heteroatoms. The van der Waals surface area contributed by atoms with Crippen molar-refractivity contribution >= 4 is 27.0 Å². The summed E-state index contributed by atoms with van der Waals surface area (Å²) in [7, 11) is -1.74. The Labute approximate surface area is 151 Å². The van der Waals surface area contributed by atoms with Gasteiger partial charge in [0.25, 0.3) is 5.91 Å². The quantitative estimate of drug-likeness (QED) is 0.743. The summed E-state index contributed by atoms with van der Waals surface area (Å²) in [5.74, 6) is -0.109. The number of nitrogens with one attached hydrogen (secondary N) is 1. The molecule has 0 atom stereocenters. The number of aryl methyl sites for hydroxylation is 1. The number of carbonyl (C=O) groups excluding carboxylic acids is 1. The standard InChI is InChI=1S/C17H19N5O3S/c1-20-12-19-15-11-13(4-5-16(15)20)26(24,25)22-9-7-21(8-10-22)17(23)14-3-2-6-18-14/h2-6,11-12,18H,7-10H2,1H3. The first kappa shape index (κ1) is 16.8. The van der Waals surface area contributed by atoms with Gasteiger partial charge in [-0.3, -0.25) is 4.79 Å². The van der Waals surface area contributed by atoms with Crippen LogP contribution < -0.4 is 0 Å². The van der Waals surface area contributed by atoms with E-state index in [0.29, 0.717) is 24.3 Å². The first-order valence-corrected chi connectivity index (χ1v) is 9.75. The monoisotopic (exact) mass is 373 g/mol. The van der Waals surface area contributed by atoms with Crippen LogP contribution in [0.2, 0.25) is 0 Å². The fourth-order valence-electron chi connectivity index (χ4n) is 3.19. The van der Waals surface area contributed by atoms with Crippen molar-refractivity contribution in [3.8, 4) is 0 Å². The van der Waals surface area contributed by atoms with E-state index in [-0.39, 0.29) is 23.9 Å². The Bertz CT molecular complexity index is 1050. The van der Waals surface area contributed by atoms with Crippen LogP contribution in [-0.2, 0) is 17.1 Å². The van der Waals surface area contributed by atoms with Gasteiger partial charge in [-0.15, -0.1) is 0 Å². The van der Waals surface area contributed by atoms with Crippen molar-refractivity contribution in [3.63, 3.8) is 0 Å². The molecule has 1 amide bonds. The molecule has 8 nitrogen and oxygen atoms in total. The van der Waals surface area contributed by atoms with Crippen molar-refractivity contribution in [3.05, 3.63) is 48.5 Å². The van der Waals surface area contributed by atoms with Gasteiger partial charge in [-0.25, -0.2) is 13.4 Å². The van der Waals surface area contributed by atoms with Crippen LogP contribution in [0, 0.1) is 0 Å². The van der Waals surface area contributed by atoms with E-state index in [4.69, 9.17) is 0 Å². The summed E-state index contributed by atoms with van der Waals surface area (Å²) >= 11 is 0. The highest BCUT2D eigenvalue weighted by molar-refractivity contribution is 7.89. The number of piperazine rings is 1. The summed E-state index contributed by atoms with van der Waals surface area (Å²) in [6, 6.07) is 8.45. The van der Waals surface area contributed by atoms with Gasteiger partial charge in [0.15, 0.2) is 0 Å². The fourth-order valence-corrected chi connectivity index (χ4v) is 4.63. The molecule has 26 heavy (non-hydrogen) atoms. The van der Waals surface area contributed by atoms with Crippen molar-refractivity contribution in [1.29, 1.82) is 0 Å². The van der Waals surface area contributed by atoms with Crippen LogP contribution in [0.3, 0.4) is 0 Å². The van der Waals surface area contributed by atoms with E-state index in [0.717, 1.165) is 5.52 Å². The van der Waals surface area contributed by atoms with Crippen molar-refractivity contribution < 1.29 is 13.2 Å². The summed E-state index contributed by atoms with van der Waals surface area (Å²) < 4.78 is 29.1. The third kappa shape index (κ3) is 2.78. The Morgan fingerprint density at radius 3 is 2.62 bits per heavy atom. The van der Waals surface area contributed by atoms with E-state index in [9.17, 15) is 13.2 Å². The van der Waals surface area contributed by atoms with Gasteiger partial charge in [0.1, 0.15) is 5.69 Å². The minimum absolute atomic E-state index is 0.109. The summed E-state index contributed by atoms with van der Waals surface area (Å²) in [5.41, 5.74) is 2.04. The molecule has 0 saturated carbocycles. The van der Waals surface area contributed by atoms with E-state index >= 15 is 0 Å². The molecule has 136 valence electrons. The molecule has 0 bridgehead atoms. The minimum Gasteiger partial charge on any atom is -0.357 e. The van der Waals surface area contributed by atoms with E-state index < -0.39 is 10.0 Å². The largest absolute Gasteiger partial charge is 0.357 e. The lowest BCUT2D eigenvalue weighted by molar-refractivity contribution is 0.0692. The lowest BCUT2D eigenvalue weighted by Gasteiger charge is -2.33. The van der Waals surface area contributed by atoms with Crippen LogP contribution in [0.1, 0.15) is 10.5 Å². The second kappa shape index (κ2) is 6.26. The summed E-state index contributed by atoms with van der Waals surface area (Å²) in [6.07, 6.45) is 3.35. The van der Waals surface area contributed by atoms with Crippen LogP contribution in [0.4, 0.5) is 0 Å². The van der Waals surface area contributed by atoms with Crippen LogP contribution >= 0.6 is 0 Å². The Morgan fingerprint density at radius 2 is 1.92 bits per heavy atom. The maximum atomic E-state index is 12.9. The smallest absolute Gasteiger partial charge is 0.270 e. The van der Waals surface area contributed by atoms with Gasteiger partial charge in [-0.05, 0) is 30.3 Å². The summed E-state index contributed by atoms with van der Waals surface area (Å²) in [4.78, 5) is 21.4. The third-order valence-electron chi connectivity index (χ3n) is 4.69. The van der Waals surface area contributed by atoms with E-state index in [1.165, 1.54) is 4.31 Å². The molecule has 4 rings (SSSR count). The molecule has 1 aliphatic heterocycles. The summed E-state index contributed by atoms with van der Waals surface area (Å²) in [5, 5.41) is 0. The maximum absolute atomic E-state index is 12.9. The van der Waals surface area contributed by atoms with Gasteiger partial charge in [-0.2, -0.15) is 4.31 Å². The zero-order chi connectivity index (χ0) is 18.3. The van der Waals surface area contributed by atoms with E-state index in [1.54, 1.807) is 47.8 Å². The van der Waals surface area contributed by atoms with Crippen LogP contribution in [-0.4, -0.2) is 64.2 Å². The number of nitrogens with zero attached hydrogens (tertiary/aromatic N) is 4. The highest BCUT2D eigenvalue weighted by Crippen LogP contribution is 2.22. The van der Waals surface area contributed by atoms with Crippen molar-refractivity contribution in [2.45, 2.75) is 4.90 Å². The molecule has 0 spiro atoms. The van der Waals surface area contributed by atoms with E-state index in [2.05, 4.69) is 9.97 Å². The van der Waals surface area contributed by atoms with Crippen LogP contribution in [0.15, 0.2) is 47.8 Å². The van der Waals surface area contributed by atoms with Crippen LogP contribution in [0.5, 0.6) is 0 Å². The molecule has 2 aromatic heterocycles. The van der Waals surface area contributed by atoms with Gasteiger partial charge in [0.2, 0.25) is 10.0 Å². The number of imidazole rings is 1. The Hall–Kier alpha value is -2.65. The van der Waals surface area contributed by atoms with Gasteiger partial charge >= 0.3 is 0 Å². The molecule has 3 aromatic rings. The van der Waals surface area contributed by atoms with Gasteiger partial charge in [0, 0.05) is 39.4 Å². The number of hydrogen-bond donors (Lipinski definition) is 1. The van der Waals surface area contributed by atoms with Gasteiger partial charge < -0.3 is 14.5 Å². The van der Waals surface area contributed by atoms with Crippen LogP contribution in [0.25, 0.3) is 11.0 Å². The SMILES string of the molecule is Cn1cnc2cc(S(=O)(=O)N3CCN(C(=O)c4ccc[nH]4)CC3)ccc21.